The third kappa shape index (κ3) is 5.26. The van der Waals surface area contributed by atoms with Crippen LogP contribution in [0.4, 0.5) is 0 Å². The number of amides is 3. The van der Waals surface area contributed by atoms with Crippen molar-refractivity contribution in [1.29, 1.82) is 0 Å². The smallest absolute Gasteiger partial charge is 0.256 e. The minimum absolute atomic E-state index is 0.0111. The van der Waals surface area contributed by atoms with Crippen LogP contribution in [0, 0.1) is 13.8 Å². The van der Waals surface area contributed by atoms with Gasteiger partial charge in [-0.3, -0.25) is 19.3 Å². The van der Waals surface area contributed by atoms with Crippen LogP contribution in [0.2, 0.25) is 0 Å². The lowest BCUT2D eigenvalue weighted by atomic mass is 9.95. The van der Waals surface area contributed by atoms with Crippen molar-refractivity contribution in [3.63, 3.8) is 0 Å². The Morgan fingerprint density at radius 1 is 0.973 bits per heavy atom. The molecule has 3 aliphatic heterocycles. The largest absolute Gasteiger partial charge is 0.376 e. The molecule has 8 nitrogen and oxygen atoms in total. The van der Waals surface area contributed by atoms with E-state index >= 15 is 0 Å². The number of piperidine rings is 1. The van der Waals surface area contributed by atoms with Crippen molar-refractivity contribution in [3.05, 3.63) is 70.8 Å². The third-order valence-electron chi connectivity index (χ3n) is 7.67. The molecule has 8 heteroatoms. The van der Waals surface area contributed by atoms with Crippen LogP contribution in [0.5, 0.6) is 0 Å². The second-order valence-electron chi connectivity index (χ2n) is 10.4. The highest BCUT2D eigenvalue weighted by atomic mass is 16.5. The maximum Gasteiger partial charge on any atom is 0.256 e. The fraction of sp³-hybridized carbons (Fsp3) is 0.483. The summed E-state index contributed by atoms with van der Waals surface area (Å²) in [6.07, 6.45) is 2.81. The molecule has 3 heterocycles. The summed E-state index contributed by atoms with van der Waals surface area (Å²) >= 11 is 0. The highest BCUT2D eigenvalue weighted by Gasteiger charge is 2.54. The summed E-state index contributed by atoms with van der Waals surface area (Å²) in [5.41, 5.74) is 2.25. The van der Waals surface area contributed by atoms with E-state index in [9.17, 15) is 14.4 Å². The molecule has 0 saturated carbocycles. The quantitative estimate of drug-likeness (QED) is 0.675. The van der Waals surface area contributed by atoms with Crippen molar-refractivity contribution < 1.29 is 23.9 Å². The topological polar surface area (TPSA) is 88.2 Å². The zero-order valence-electron chi connectivity index (χ0n) is 21.6. The summed E-state index contributed by atoms with van der Waals surface area (Å²) < 4.78 is 11.9. The Bertz CT molecular complexity index is 1170. The first kappa shape index (κ1) is 25.4. The number of rotatable bonds is 5. The Hall–Kier alpha value is -3.23. The first-order chi connectivity index (χ1) is 17.9. The number of likely N-dealkylation sites (tertiary alicyclic amines) is 1. The molecule has 0 radical (unpaired) electrons. The van der Waals surface area contributed by atoms with Crippen LogP contribution in [0.25, 0.3) is 0 Å². The van der Waals surface area contributed by atoms with E-state index in [0.717, 1.165) is 24.0 Å². The molecule has 1 spiro atoms. The van der Waals surface area contributed by atoms with Gasteiger partial charge < -0.3 is 19.7 Å². The number of ether oxygens (including phenoxy) is 2. The van der Waals surface area contributed by atoms with Gasteiger partial charge in [0.2, 0.25) is 5.91 Å². The van der Waals surface area contributed by atoms with Crippen LogP contribution >= 0.6 is 0 Å². The van der Waals surface area contributed by atoms with Gasteiger partial charge in [-0.25, -0.2) is 0 Å². The third-order valence-corrected chi connectivity index (χ3v) is 7.67. The van der Waals surface area contributed by atoms with Gasteiger partial charge in [-0.15, -0.1) is 0 Å². The lowest BCUT2D eigenvalue weighted by molar-refractivity contribution is -0.128. The number of hydrogen-bond donors (Lipinski definition) is 1. The van der Waals surface area contributed by atoms with E-state index in [0.29, 0.717) is 50.2 Å². The van der Waals surface area contributed by atoms with Crippen LogP contribution < -0.4 is 5.32 Å². The SMILES string of the molecule is Cc1cccc(C(=O)N2CCC3(CC2)OC[C@H](C(=O)NC[C@@H]2CCCO2)N3C(=O)c2cccc(C)c2)c1. The zero-order valence-corrected chi connectivity index (χ0v) is 21.6. The van der Waals surface area contributed by atoms with Crippen molar-refractivity contribution in [3.8, 4) is 0 Å². The Labute approximate surface area is 217 Å². The minimum Gasteiger partial charge on any atom is -0.376 e. The number of hydrogen-bond acceptors (Lipinski definition) is 5. The average Bonchev–Trinajstić information content (AvgIpc) is 3.55. The summed E-state index contributed by atoms with van der Waals surface area (Å²) in [5, 5.41) is 2.99. The van der Waals surface area contributed by atoms with Gasteiger partial charge in [-0.2, -0.15) is 0 Å². The van der Waals surface area contributed by atoms with Crippen LogP contribution in [0.1, 0.15) is 57.5 Å². The molecule has 37 heavy (non-hydrogen) atoms. The van der Waals surface area contributed by atoms with E-state index in [1.54, 1.807) is 11.0 Å². The lowest BCUT2D eigenvalue weighted by Gasteiger charge is -2.44. The number of carbonyl (C=O) groups excluding carboxylic acids is 3. The van der Waals surface area contributed by atoms with Gasteiger partial charge in [-0.05, 0) is 51.0 Å². The Kier molecular flexibility index (Phi) is 7.31. The number of nitrogens with one attached hydrogen (secondary N) is 1. The van der Waals surface area contributed by atoms with Gasteiger partial charge >= 0.3 is 0 Å². The van der Waals surface area contributed by atoms with Gasteiger partial charge in [0.05, 0.1) is 12.7 Å². The van der Waals surface area contributed by atoms with Crippen molar-refractivity contribution in [2.75, 3.05) is 32.8 Å². The molecule has 5 rings (SSSR count). The zero-order chi connectivity index (χ0) is 26.0. The Balaban J connectivity index is 1.35. The van der Waals surface area contributed by atoms with E-state index in [2.05, 4.69) is 5.32 Å². The van der Waals surface area contributed by atoms with Gasteiger partial charge in [0, 0.05) is 50.2 Å². The molecule has 2 atom stereocenters. The van der Waals surface area contributed by atoms with Crippen molar-refractivity contribution >= 4 is 17.7 Å². The van der Waals surface area contributed by atoms with Crippen LogP contribution in [0.3, 0.4) is 0 Å². The van der Waals surface area contributed by atoms with E-state index in [4.69, 9.17) is 9.47 Å². The Morgan fingerprint density at radius 2 is 1.62 bits per heavy atom. The lowest BCUT2D eigenvalue weighted by Crippen LogP contribution is -2.60. The van der Waals surface area contributed by atoms with Crippen LogP contribution in [-0.4, -0.2) is 78.2 Å². The first-order valence-corrected chi connectivity index (χ1v) is 13.2. The number of benzene rings is 2. The molecule has 3 aliphatic rings. The van der Waals surface area contributed by atoms with E-state index in [1.807, 2.05) is 61.2 Å². The summed E-state index contributed by atoms with van der Waals surface area (Å²) in [7, 11) is 0. The molecule has 0 aromatic heterocycles. The summed E-state index contributed by atoms with van der Waals surface area (Å²) in [6.45, 7) is 6.05. The molecule has 1 N–H and O–H groups in total. The Morgan fingerprint density at radius 3 is 2.22 bits per heavy atom. The van der Waals surface area contributed by atoms with Crippen LogP contribution in [0.15, 0.2) is 48.5 Å². The molecular weight excluding hydrogens is 470 g/mol. The fourth-order valence-corrected chi connectivity index (χ4v) is 5.64. The van der Waals surface area contributed by atoms with Crippen LogP contribution in [-0.2, 0) is 14.3 Å². The van der Waals surface area contributed by atoms with Gasteiger partial charge in [-0.1, -0.05) is 35.4 Å². The highest BCUT2D eigenvalue weighted by Crippen LogP contribution is 2.39. The van der Waals surface area contributed by atoms with Gasteiger partial charge in [0.15, 0.2) is 0 Å². The summed E-state index contributed by atoms with van der Waals surface area (Å²) in [5.74, 6) is -0.484. The molecule has 196 valence electrons. The normalized spacial score (nSPS) is 22.9. The van der Waals surface area contributed by atoms with E-state index in [-0.39, 0.29) is 30.4 Å². The van der Waals surface area contributed by atoms with Crippen molar-refractivity contribution in [1.82, 2.24) is 15.1 Å². The van der Waals surface area contributed by atoms with Gasteiger partial charge in [0.25, 0.3) is 11.8 Å². The molecule has 0 bridgehead atoms. The number of carbonyl (C=O) groups is 3. The maximum atomic E-state index is 13.9. The molecular formula is C29H35N3O5. The standard InChI is InChI=1S/C29H35N3O5/c1-20-6-3-8-22(16-20)27(34)31-13-11-29(12-14-31)32(28(35)23-9-4-7-21(2)17-23)25(19-37-29)26(33)30-18-24-10-5-15-36-24/h3-4,6-9,16-17,24-25H,5,10-15,18-19H2,1-2H3,(H,30,33)/t24-,25+/m0/s1. The summed E-state index contributed by atoms with van der Waals surface area (Å²) in [4.78, 5) is 43.8. The molecule has 2 aromatic rings. The second-order valence-corrected chi connectivity index (χ2v) is 10.4. The molecule has 0 unspecified atom stereocenters. The maximum absolute atomic E-state index is 13.9. The number of aryl methyl sites for hydroxylation is 2. The molecule has 3 amide bonds. The van der Waals surface area contributed by atoms with E-state index in [1.165, 1.54) is 0 Å². The second kappa shape index (κ2) is 10.6. The molecule has 3 saturated heterocycles. The molecule has 3 fully saturated rings. The van der Waals surface area contributed by atoms with E-state index < -0.39 is 11.8 Å². The molecule has 0 aliphatic carbocycles. The summed E-state index contributed by atoms with van der Waals surface area (Å²) in [6, 6.07) is 14.2. The fourth-order valence-electron chi connectivity index (χ4n) is 5.64. The highest BCUT2D eigenvalue weighted by molar-refractivity contribution is 5.99. The first-order valence-electron chi connectivity index (χ1n) is 13.2. The van der Waals surface area contributed by atoms with Crippen molar-refractivity contribution in [2.24, 2.45) is 0 Å². The number of nitrogens with zero attached hydrogens (tertiary/aromatic N) is 2. The predicted molar refractivity (Wildman–Crippen MR) is 138 cm³/mol. The predicted octanol–water partition coefficient (Wildman–Crippen LogP) is 3.07. The van der Waals surface area contributed by atoms with Gasteiger partial charge in [0.1, 0.15) is 11.8 Å². The molecule has 2 aromatic carbocycles. The monoisotopic (exact) mass is 505 g/mol. The average molecular weight is 506 g/mol. The van der Waals surface area contributed by atoms with Crippen molar-refractivity contribution in [2.45, 2.75) is 57.4 Å². The minimum atomic E-state index is -0.934.